The van der Waals surface area contributed by atoms with E-state index in [1.165, 1.54) is 24.0 Å². The Hall–Kier alpha value is -3.01. The van der Waals surface area contributed by atoms with E-state index in [1.807, 2.05) is 0 Å². The maximum atomic E-state index is 12.4. The quantitative estimate of drug-likeness (QED) is 0.470. The molecule has 0 fully saturated rings. The fourth-order valence-electron chi connectivity index (χ4n) is 2.03. The van der Waals surface area contributed by atoms with E-state index < -0.39 is 5.91 Å². The molecule has 0 saturated carbocycles. The summed E-state index contributed by atoms with van der Waals surface area (Å²) in [6.45, 7) is 1.32. The Morgan fingerprint density at radius 3 is 2.38 bits per heavy atom. The van der Waals surface area contributed by atoms with Crippen molar-refractivity contribution in [2.75, 3.05) is 16.0 Å². The maximum Gasteiger partial charge on any atom is 0.267 e. The van der Waals surface area contributed by atoms with Crippen molar-refractivity contribution in [2.45, 2.75) is 6.92 Å². The lowest BCUT2D eigenvalue weighted by Crippen LogP contribution is -2.25. The highest BCUT2D eigenvalue weighted by molar-refractivity contribution is 6.36. The average Bonchev–Trinajstić information content (AvgIpc) is 2.59. The molecule has 2 aromatic rings. The number of nitrogens with one attached hydrogen (secondary N) is 1. The van der Waals surface area contributed by atoms with Crippen molar-refractivity contribution in [1.82, 2.24) is 0 Å². The number of hydrogen-bond acceptors (Lipinski definition) is 4. The Morgan fingerprint density at radius 2 is 1.85 bits per heavy atom. The molecule has 0 radical (unpaired) electrons. The second-order valence-corrected chi connectivity index (χ2v) is 6.06. The summed E-state index contributed by atoms with van der Waals surface area (Å²) < 4.78 is 0. The summed E-state index contributed by atoms with van der Waals surface area (Å²) in [4.78, 5) is 25.5. The normalized spacial score (nSPS) is 10.8. The number of hydrogen-bond donors (Lipinski definition) is 2. The molecule has 3 N–H and O–H groups in total. The molecule has 132 valence electrons. The summed E-state index contributed by atoms with van der Waals surface area (Å²) in [5.41, 5.74) is 6.65. The number of halogens is 2. The second-order valence-electron chi connectivity index (χ2n) is 5.21. The zero-order chi connectivity index (χ0) is 19.3. The molecular formula is C18H14Cl2N4O2. The summed E-state index contributed by atoms with van der Waals surface area (Å²) in [5, 5.41) is 12.5. The Labute approximate surface area is 160 Å². The highest BCUT2D eigenvalue weighted by Crippen LogP contribution is 2.26. The van der Waals surface area contributed by atoms with Crippen LogP contribution in [0.5, 0.6) is 0 Å². The molecule has 0 aliphatic rings. The first-order valence-corrected chi connectivity index (χ1v) is 8.11. The number of carbonyl (C=O) groups excluding carboxylic acids is 2. The lowest BCUT2D eigenvalue weighted by Gasteiger charge is -2.17. The summed E-state index contributed by atoms with van der Waals surface area (Å²) >= 11 is 11.8. The zero-order valence-corrected chi connectivity index (χ0v) is 15.2. The van der Waals surface area contributed by atoms with Gasteiger partial charge in [-0.25, -0.2) is 0 Å². The van der Waals surface area contributed by atoms with Gasteiger partial charge in [0, 0.05) is 29.5 Å². The highest BCUT2D eigenvalue weighted by atomic mass is 35.5. The fraction of sp³-hybridized carbons (Fsp3) is 0.0556. The van der Waals surface area contributed by atoms with Gasteiger partial charge < -0.3 is 11.1 Å². The van der Waals surface area contributed by atoms with Crippen LogP contribution in [0.25, 0.3) is 0 Å². The molecule has 26 heavy (non-hydrogen) atoms. The molecule has 2 aromatic carbocycles. The van der Waals surface area contributed by atoms with Crippen LogP contribution in [-0.4, -0.2) is 11.8 Å². The molecule has 6 nitrogen and oxygen atoms in total. The van der Waals surface area contributed by atoms with Crippen LogP contribution in [0.3, 0.4) is 0 Å². The Morgan fingerprint density at radius 1 is 1.19 bits per heavy atom. The number of nitrogens with zero attached hydrogens (tertiary/aromatic N) is 2. The van der Waals surface area contributed by atoms with E-state index in [0.29, 0.717) is 22.1 Å². The van der Waals surface area contributed by atoms with Crippen molar-refractivity contribution >= 4 is 52.1 Å². The van der Waals surface area contributed by atoms with Gasteiger partial charge in [-0.05, 0) is 42.5 Å². The zero-order valence-electron chi connectivity index (χ0n) is 13.7. The second kappa shape index (κ2) is 8.39. The number of carbonyl (C=O) groups is 2. The first kappa shape index (κ1) is 19.3. The first-order valence-electron chi connectivity index (χ1n) is 7.35. The topological polar surface area (TPSA) is 99.2 Å². The van der Waals surface area contributed by atoms with E-state index in [1.54, 1.807) is 36.4 Å². The molecular weight excluding hydrogens is 375 g/mol. The van der Waals surface area contributed by atoms with Crippen molar-refractivity contribution in [3.63, 3.8) is 0 Å². The smallest absolute Gasteiger partial charge is 0.267 e. The van der Waals surface area contributed by atoms with Gasteiger partial charge >= 0.3 is 0 Å². The predicted octanol–water partition coefficient (Wildman–Crippen LogP) is 3.97. The molecule has 0 spiro atoms. The lowest BCUT2D eigenvalue weighted by molar-refractivity contribution is -0.116. The minimum Gasteiger partial charge on any atom is -0.399 e. The Bertz CT molecular complexity index is 918. The van der Waals surface area contributed by atoms with Crippen molar-refractivity contribution in [2.24, 2.45) is 0 Å². The van der Waals surface area contributed by atoms with Crippen molar-refractivity contribution in [3.05, 3.63) is 64.3 Å². The molecule has 0 unspecified atom stereocenters. The van der Waals surface area contributed by atoms with Crippen LogP contribution in [-0.2, 0) is 9.59 Å². The number of nitrogen functional groups attached to an aromatic ring is 1. The van der Waals surface area contributed by atoms with Crippen molar-refractivity contribution in [1.29, 1.82) is 5.26 Å². The summed E-state index contributed by atoms with van der Waals surface area (Å²) in [7, 11) is 0. The molecule has 0 atom stereocenters. The minimum absolute atomic E-state index is 0.227. The standard InChI is InChI=1S/C18H14Cl2N4O2/c1-11(25)24(15-5-3-14(22)4-6-15)10-12(9-21)18(26)23-17-7-2-13(19)8-16(17)20/h2-8,10H,22H2,1H3,(H,23,26)/b12-10-. The van der Waals surface area contributed by atoms with Gasteiger partial charge in [-0.3, -0.25) is 14.5 Å². The van der Waals surface area contributed by atoms with E-state index in [9.17, 15) is 14.9 Å². The minimum atomic E-state index is -0.710. The third-order valence-corrected chi connectivity index (χ3v) is 3.86. The maximum absolute atomic E-state index is 12.4. The molecule has 2 rings (SSSR count). The number of benzene rings is 2. The van der Waals surface area contributed by atoms with Gasteiger partial charge in [0.2, 0.25) is 5.91 Å². The number of nitrogens with two attached hydrogens (primary N) is 1. The third-order valence-electron chi connectivity index (χ3n) is 3.31. The van der Waals surface area contributed by atoms with Gasteiger partial charge in [-0.2, -0.15) is 5.26 Å². The van der Waals surface area contributed by atoms with Crippen LogP contribution in [0.4, 0.5) is 17.1 Å². The lowest BCUT2D eigenvalue weighted by atomic mass is 10.2. The largest absolute Gasteiger partial charge is 0.399 e. The number of rotatable bonds is 4. The number of amides is 2. The van der Waals surface area contributed by atoms with Crippen LogP contribution in [0.15, 0.2) is 54.2 Å². The van der Waals surface area contributed by atoms with Gasteiger partial charge in [-0.1, -0.05) is 23.2 Å². The highest BCUT2D eigenvalue weighted by Gasteiger charge is 2.16. The van der Waals surface area contributed by atoms with Crippen LogP contribution in [0.1, 0.15) is 6.92 Å². The summed E-state index contributed by atoms with van der Waals surface area (Å²) in [6.07, 6.45) is 1.16. The molecule has 2 amide bonds. The molecule has 8 heteroatoms. The molecule has 0 heterocycles. The molecule has 0 bridgehead atoms. The van der Waals surface area contributed by atoms with Crippen LogP contribution >= 0.6 is 23.2 Å². The van der Waals surface area contributed by atoms with Crippen molar-refractivity contribution in [3.8, 4) is 6.07 Å². The number of nitriles is 1. The van der Waals surface area contributed by atoms with E-state index in [4.69, 9.17) is 28.9 Å². The van der Waals surface area contributed by atoms with Gasteiger partial charge in [0.15, 0.2) is 0 Å². The SMILES string of the molecule is CC(=O)N(/C=C(/C#N)C(=O)Nc1ccc(Cl)cc1Cl)c1ccc(N)cc1. The molecule has 0 aromatic heterocycles. The van der Waals surface area contributed by atoms with Crippen LogP contribution < -0.4 is 16.0 Å². The predicted molar refractivity (Wildman–Crippen MR) is 103 cm³/mol. The van der Waals surface area contributed by atoms with Gasteiger partial charge in [-0.15, -0.1) is 0 Å². The van der Waals surface area contributed by atoms with Crippen LogP contribution in [0.2, 0.25) is 10.0 Å². The Balaban J connectivity index is 2.31. The molecule has 0 aliphatic heterocycles. The Kier molecular flexibility index (Phi) is 6.23. The molecule has 0 saturated heterocycles. The first-order chi connectivity index (χ1) is 12.3. The summed E-state index contributed by atoms with van der Waals surface area (Å²) in [5.74, 6) is -1.08. The van der Waals surface area contributed by atoms with Gasteiger partial charge in [0.05, 0.1) is 10.7 Å². The third kappa shape index (κ3) is 4.76. The molecule has 0 aliphatic carbocycles. The van der Waals surface area contributed by atoms with Gasteiger partial charge in [0.1, 0.15) is 11.6 Å². The average molecular weight is 389 g/mol. The van der Waals surface area contributed by atoms with Crippen molar-refractivity contribution < 1.29 is 9.59 Å². The summed E-state index contributed by atoms with van der Waals surface area (Å²) in [6, 6.07) is 12.7. The van der Waals surface area contributed by atoms with E-state index in [2.05, 4.69) is 5.32 Å². The monoisotopic (exact) mass is 388 g/mol. The number of anilines is 3. The van der Waals surface area contributed by atoms with E-state index in [-0.39, 0.29) is 16.5 Å². The van der Waals surface area contributed by atoms with E-state index in [0.717, 1.165) is 6.20 Å². The van der Waals surface area contributed by atoms with E-state index >= 15 is 0 Å². The van der Waals surface area contributed by atoms with Gasteiger partial charge in [0.25, 0.3) is 5.91 Å². The van der Waals surface area contributed by atoms with Crippen LogP contribution in [0, 0.1) is 11.3 Å². The fourth-order valence-corrected chi connectivity index (χ4v) is 2.49.